The summed E-state index contributed by atoms with van der Waals surface area (Å²) in [6, 6.07) is 6.80. The zero-order chi connectivity index (χ0) is 14.5. The zero-order valence-corrected chi connectivity index (χ0v) is 13.1. The number of likely N-dealkylation sites (tertiary alicyclic amines) is 1. The van der Waals surface area contributed by atoms with Gasteiger partial charge in [-0.15, -0.1) is 0 Å². The number of piperidine rings is 1. The lowest BCUT2D eigenvalue weighted by molar-refractivity contribution is 0.124. The lowest BCUT2D eigenvalue weighted by Gasteiger charge is -2.38. The van der Waals surface area contributed by atoms with Crippen molar-refractivity contribution < 1.29 is 4.74 Å². The molecule has 0 amide bonds. The van der Waals surface area contributed by atoms with Gasteiger partial charge < -0.3 is 10.5 Å². The number of hydrogen-bond donors (Lipinski definition) is 1. The van der Waals surface area contributed by atoms with Crippen LogP contribution < -0.4 is 10.5 Å². The fourth-order valence-corrected chi connectivity index (χ4v) is 3.32. The van der Waals surface area contributed by atoms with Crippen LogP contribution >= 0.6 is 0 Å². The summed E-state index contributed by atoms with van der Waals surface area (Å²) in [6.07, 6.45) is 3.94. The summed E-state index contributed by atoms with van der Waals surface area (Å²) in [6.45, 7) is 7.43. The smallest absolute Gasteiger partial charge is 0.121 e. The number of rotatable bonds is 5. The van der Waals surface area contributed by atoms with E-state index in [1.807, 2.05) is 0 Å². The maximum atomic E-state index is 6.07. The molecular weight excluding hydrogens is 248 g/mol. The van der Waals surface area contributed by atoms with Gasteiger partial charge >= 0.3 is 0 Å². The van der Waals surface area contributed by atoms with E-state index in [-0.39, 0.29) is 0 Å². The molecular formula is C17H28N2O. The Labute approximate surface area is 123 Å². The molecule has 2 unspecified atom stereocenters. The second-order valence-electron chi connectivity index (χ2n) is 5.89. The van der Waals surface area contributed by atoms with Crippen molar-refractivity contribution in [2.45, 2.75) is 39.2 Å². The van der Waals surface area contributed by atoms with Crippen LogP contribution in [0.4, 0.5) is 0 Å². The molecule has 2 rings (SSSR count). The average Bonchev–Trinajstić information content (AvgIpc) is 2.48. The summed E-state index contributed by atoms with van der Waals surface area (Å²) >= 11 is 0. The van der Waals surface area contributed by atoms with Crippen molar-refractivity contribution >= 4 is 0 Å². The molecule has 0 saturated carbocycles. The van der Waals surface area contributed by atoms with Gasteiger partial charge in [0.25, 0.3) is 0 Å². The lowest BCUT2D eigenvalue weighted by atomic mass is 9.92. The lowest BCUT2D eigenvalue weighted by Crippen LogP contribution is -2.41. The van der Waals surface area contributed by atoms with Crippen LogP contribution in [-0.4, -0.2) is 31.6 Å². The predicted molar refractivity (Wildman–Crippen MR) is 84.1 cm³/mol. The van der Waals surface area contributed by atoms with E-state index in [9.17, 15) is 0 Å². The minimum atomic E-state index is 0.342. The number of benzene rings is 1. The molecule has 1 aliphatic rings. The molecule has 2 N–H and O–H groups in total. The van der Waals surface area contributed by atoms with Crippen LogP contribution in [0.3, 0.4) is 0 Å². The highest BCUT2D eigenvalue weighted by Gasteiger charge is 2.25. The quantitative estimate of drug-likeness (QED) is 0.898. The van der Waals surface area contributed by atoms with Crippen molar-refractivity contribution in [1.82, 2.24) is 4.90 Å². The van der Waals surface area contributed by atoms with Gasteiger partial charge in [-0.3, -0.25) is 4.90 Å². The minimum Gasteiger partial charge on any atom is -0.496 e. The van der Waals surface area contributed by atoms with Gasteiger partial charge in [-0.05, 0) is 49.4 Å². The molecule has 3 nitrogen and oxygen atoms in total. The van der Waals surface area contributed by atoms with Crippen LogP contribution in [0.2, 0.25) is 0 Å². The molecule has 2 atom stereocenters. The summed E-state index contributed by atoms with van der Waals surface area (Å²) in [5.41, 5.74) is 8.58. The maximum absolute atomic E-state index is 6.07. The predicted octanol–water partition coefficient (Wildman–Crippen LogP) is 3.13. The van der Waals surface area contributed by atoms with Crippen LogP contribution in [0, 0.1) is 12.8 Å². The molecule has 1 fully saturated rings. The Morgan fingerprint density at radius 3 is 2.85 bits per heavy atom. The van der Waals surface area contributed by atoms with Gasteiger partial charge in [0.15, 0.2) is 0 Å². The molecule has 1 aliphatic heterocycles. The molecule has 0 spiro atoms. The van der Waals surface area contributed by atoms with Crippen LogP contribution in [-0.2, 0) is 0 Å². The highest BCUT2D eigenvalue weighted by Crippen LogP contribution is 2.30. The average molecular weight is 276 g/mol. The minimum absolute atomic E-state index is 0.342. The van der Waals surface area contributed by atoms with Crippen molar-refractivity contribution in [2.24, 2.45) is 11.7 Å². The summed E-state index contributed by atoms with van der Waals surface area (Å²) in [5, 5.41) is 0. The first-order valence-corrected chi connectivity index (χ1v) is 7.78. The van der Waals surface area contributed by atoms with Gasteiger partial charge in [0.1, 0.15) is 5.75 Å². The number of ether oxygens (including phenoxy) is 1. The van der Waals surface area contributed by atoms with E-state index in [0.717, 1.165) is 11.7 Å². The Morgan fingerprint density at radius 2 is 2.25 bits per heavy atom. The van der Waals surface area contributed by atoms with Gasteiger partial charge in [0.05, 0.1) is 7.11 Å². The van der Waals surface area contributed by atoms with E-state index in [4.69, 9.17) is 10.5 Å². The largest absolute Gasteiger partial charge is 0.496 e. The maximum Gasteiger partial charge on any atom is 0.121 e. The van der Waals surface area contributed by atoms with Crippen molar-refractivity contribution in [3.8, 4) is 5.75 Å². The topological polar surface area (TPSA) is 38.5 Å². The van der Waals surface area contributed by atoms with Gasteiger partial charge in [-0.2, -0.15) is 0 Å². The van der Waals surface area contributed by atoms with Crippen LogP contribution in [0.5, 0.6) is 5.75 Å². The van der Waals surface area contributed by atoms with E-state index in [1.165, 1.54) is 43.5 Å². The summed E-state index contributed by atoms with van der Waals surface area (Å²) in [5.74, 6) is 1.78. The molecule has 0 radical (unpaired) electrons. The molecule has 3 heteroatoms. The Balaban J connectivity index is 2.16. The molecule has 1 aromatic rings. The van der Waals surface area contributed by atoms with Crippen LogP contribution in [0.15, 0.2) is 18.2 Å². The molecule has 1 heterocycles. The number of nitrogens with zero attached hydrogens (tertiary/aromatic N) is 1. The SMILES string of the molecule is CCC1CCCN(C(CN)c2ccc(OC)c(C)c2)C1. The van der Waals surface area contributed by atoms with Crippen molar-refractivity contribution in [2.75, 3.05) is 26.7 Å². The zero-order valence-electron chi connectivity index (χ0n) is 13.1. The van der Waals surface area contributed by atoms with E-state index < -0.39 is 0 Å². The third-order valence-electron chi connectivity index (χ3n) is 4.60. The van der Waals surface area contributed by atoms with Crippen LogP contribution in [0.25, 0.3) is 0 Å². The Bertz CT molecular complexity index is 433. The molecule has 112 valence electrons. The first-order valence-electron chi connectivity index (χ1n) is 7.78. The fraction of sp³-hybridized carbons (Fsp3) is 0.647. The number of methoxy groups -OCH3 is 1. The van der Waals surface area contributed by atoms with E-state index in [2.05, 4.69) is 36.9 Å². The van der Waals surface area contributed by atoms with Gasteiger partial charge in [0.2, 0.25) is 0 Å². The highest BCUT2D eigenvalue weighted by molar-refractivity contribution is 5.37. The third kappa shape index (κ3) is 3.33. The second-order valence-corrected chi connectivity index (χ2v) is 5.89. The monoisotopic (exact) mass is 276 g/mol. The number of hydrogen-bond acceptors (Lipinski definition) is 3. The Morgan fingerprint density at radius 1 is 1.45 bits per heavy atom. The Kier molecular flexibility index (Phi) is 5.44. The van der Waals surface area contributed by atoms with Crippen molar-refractivity contribution in [3.05, 3.63) is 29.3 Å². The third-order valence-corrected chi connectivity index (χ3v) is 4.60. The van der Waals surface area contributed by atoms with Crippen LogP contribution in [0.1, 0.15) is 43.4 Å². The molecule has 0 aromatic heterocycles. The van der Waals surface area contributed by atoms with Crippen molar-refractivity contribution in [3.63, 3.8) is 0 Å². The molecule has 20 heavy (non-hydrogen) atoms. The summed E-state index contributed by atoms with van der Waals surface area (Å²) < 4.78 is 5.35. The fourth-order valence-electron chi connectivity index (χ4n) is 3.32. The molecule has 1 saturated heterocycles. The standard InChI is InChI=1S/C17H28N2O/c1-4-14-6-5-9-19(12-14)16(11-18)15-7-8-17(20-3)13(2)10-15/h7-8,10,14,16H,4-6,9,11-12,18H2,1-3H3. The first-order chi connectivity index (χ1) is 9.69. The molecule has 0 aliphatic carbocycles. The van der Waals surface area contributed by atoms with Gasteiger partial charge in [-0.1, -0.05) is 25.5 Å². The number of aryl methyl sites for hydroxylation is 1. The van der Waals surface area contributed by atoms with E-state index in [0.29, 0.717) is 12.6 Å². The first kappa shape index (κ1) is 15.3. The van der Waals surface area contributed by atoms with E-state index >= 15 is 0 Å². The van der Waals surface area contributed by atoms with E-state index in [1.54, 1.807) is 7.11 Å². The number of nitrogens with two attached hydrogens (primary N) is 1. The summed E-state index contributed by atoms with van der Waals surface area (Å²) in [4.78, 5) is 2.57. The second kappa shape index (κ2) is 7.09. The molecule has 1 aromatic carbocycles. The van der Waals surface area contributed by atoms with Gasteiger partial charge in [0, 0.05) is 19.1 Å². The highest BCUT2D eigenvalue weighted by atomic mass is 16.5. The normalized spacial score (nSPS) is 21.7. The van der Waals surface area contributed by atoms with Crippen molar-refractivity contribution in [1.29, 1.82) is 0 Å². The summed E-state index contributed by atoms with van der Waals surface area (Å²) in [7, 11) is 1.72. The Hall–Kier alpha value is -1.06. The van der Waals surface area contributed by atoms with Gasteiger partial charge in [-0.25, -0.2) is 0 Å². The molecule has 0 bridgehead atoms.